The average Bonchev–Trinajstić information content (AvgIpc) is 2.70. The number of ketones is 1. The highest BCUT2D eigenvalue weighted by Gasteiger charge is 2.24. The van der Waals surface area contributed by atoms with Crippen LogP contribution in [0.3, 0.4) is 0 Å². The topological polar surface area (TPSA) is 72.9 Å². The van der Waals surface area contributed by atoms with Crippen LogP contribution in [0.1, 0.15) is 50.0 Å². The SMILES string of the molecule is CCCN(Cc1ccc(OCC)c(OCC)c1)S(=O)(=O)c1ccc(C(C)=O)cc1. The molecule has 0 aliphatic rings. The van der Waals surface area contributed by atoms with Crippen molar-refractivity contribution in [1.29, 1.82) is 0 Å². The first-order valence-corrected chi connectivity index (χ1v) is 11.3. The molecule has 7 heteroatoms. The predicted octanol–water partition coefficient (Wildman–Crippen LogP) is 4.29. The Morgan fingerprint density at radius 2 is 1.55 bits per heavy atom. The number of Topliss-reactive ketones (excluding diaryl/α,β-unsaturated/α-hetero) is 1. The summed E-state index contributed by atoms with van der Waals surface area (Å²) in [5, 5.41) is 0. The van der Waals surface area contributed by atoms with Crippen LogP contribution in [0.4, 0.5) is 0 Å². The molecule has 0 N–H and O–H groups in total. The zero-order valence-corrected chi connectivity index (χ0v) is 18.3. The zero-order valence-electron chi connectivity index (χ0n) is 17.5. The molecule has 0 amide bonds. The quantitative estimate of drug-likeness (QED) is 0.508. The molecule has 0 saturated heterocycles. The lowest BCUT2D eigenvalue weighted by molar-refractivity contribution is 0.101. The monoisotopic (exact) mass is 419 g/mol. The molecule has 0 unspecified atom stereocenters. The molecule has 0 aliphatic heterocycles. The smallest absolute Gasteiger partial charge is 0.243 e. The van der Waals surface area contributed by atoms with Gasteiger partial charge in [0.25, 0.3) is 0 Å². The van der Waals surface area contributed by atoms with Crippen molar-refractivity contribution in [2.75, 3.05) is 19.8 Å². The standard InChI is InChI=1S/C22H29NO5S/c1-5-14-23(29(25,26)20-11-9-19(10-12-20)17(4)24)16-18-8-13-21(27-6-2)22(15-18)28-7-3/h8-13,15H,5-7,14,16H2,1-4H3. The highest BCUT2D eigenvalue weighted by molar-refractivity contribution is 7.89. The van der Waals surface area contributed by atoms with Crippen molar-refractivity contribution in [3.05, 3.63) is 53.6 Å². The van der Waals surface area contributed by atoms with Crippen molar-refractivity contribution in [2.45, 2.75) is 45.6 Å². The van der Waals surface area contributed by atoms with Gasteiger partial charge >= 0.3 is 0 Å². The molecule has 0 aliphatic carbocycles. The van der Waals surface area contributed by atoms with E-state index in [-0.39, 0.29) is 17.2 Å². The number of benzene rings is 2. The van der Waals surface area contributed by atoms with Crippen LogP contribution in [0.25, 0.3) is 0 Å². The second kappa shape index (κ2) is 10.4. The summed E-state index contributed by atoms with van der Waals surface area (Å²) in [7, 11) is -3.70. The van der Waals surface area contributed by atoms with Crippen LogP contribution in [0, 0.1) is 0 Å². The number of hydrogen-bond donors (Lipinski definition) is 0. The Morgan fingerprint density at radius 1 is 0.931 bits per heavy atom. The van der Waals surface area contributed by atoms with Gasteiger partial charge in [0.1, 0.15) is 0 Å². The van der Waals surface area contributed by atoms with Gasteiger partial charge in [-0.2, -0.15) is 4.31 Å². The van der Waals surface area contributed by atoms with E-state index in [1.54, 1.807) is 12.1 Å². The minimum absolute atomic E-state index is 0.0998. The van der Waals surface area contributed by atoms with Crippen LogP contribution in [0.15, 0.2) is 47.4 Å². The van der Waals surface area contributed by atoms with Crippen molar-refractivity contribution >= 4 is 15.8 Å². The number of nitrogens with zero attached hydrogens (tertiary/aromatic N) is 1. The third kappa shape index (κ3) is 5.81. The maximum absolute atomic E-state index is 13.2. The fourth-order valence-corrected chi connectivity index (χ4v) is 4.46. The lowest BCUT2D eigenvalue weighted by Gasteiger charge is -2.22. The summed E-state index contributed by atoms with van der Waals surface area (Å²) in [6.45, 7) is 8.79. The van der Waals surface area contributed by atoms with Crippen molar-refractivity contribution in [1.82, 2.24) is 4.31 Å². The minimum Gasteiger partial charge on any atom is -0.490 e. The Hall–Kier alpha value is -2.38. The van der Waals surface area contributed by atoms with E-state index in [0.29, 0.717) is 43.2 Å². The average molecular weight is 420 g/mol. The Balaban J connectivity index is 2.33. The first-order chi connectivity index (χ1) is 13.8. The molecule has 0 aromatic heterocycles. The van der Waals surface area contributed by atoms with E-state index in [1.165, 1.54) is 23.4 Å². The highest BCUT2D eigenvalue weighted by atomic mass is 32.2. The summed E-state index contributed by atoms with van der Waals surface area (Å²) >= 11 is 0. The van der Waals surface area contributed by atoms with Gasteiger partial charge in [-0.25, -0.2) is 8.42 Å². The fraction of sp³-hybridized carbons (Fsp3) is 0.409. The molecule has 0 heterocycles. The van der Waals surface area contributed by atoms with Crippen LogP contribution in [0.5, 0.6) is 11.5 Å². The van der Waals surface area contributed by atoms with Gasteiger partial charge in [0.05, 0.1) is 18.1 Å². The Labute approximate surface area is 173 Å². The maximum Gasteiger partial charge on any atom is 0.243 e. The summed E-state index contributed by atoms with van der Waals surface area (Å²) in [5.74, 6) is 1.14. The number of ether oxygens (including phenoxy) is 2. The van der Waals surface area contributed by atoms with Gasteiger partial charge < -0.3 is 9.47 Å². The summed E-state index contributed by atoms with van der Waals surface area (Å²) in [6.07, 6.45) is 0.681. The minimum atomic E-state index is -3.70. The lowest BCUT2D eigenvalue weighted by atomic mass is 10.2. The largest absolute Gasteiger partial charge is 0.490 e. The fourth-order valence-electron chi connectivity index (χ4n) is 2.94. The zero-order chi connectivity index (χ0) is 21.4. The van der Waals surface area contributed by atoms with E-state index < -0.39 is 10.0 Å². The van der Waals surface area contributed by atoms with Gasteiger partial charge in [0.15, 0.2) is 17.3 Å². The molecule has 158 valence electrons. The summed E-state index contributed by atoms with van der Waals surface area (Å²) in [6, 6.07) is 11.5. The van der Waals surface area contributed by atoms with Crippen molar-refractivity contribution in [2.24, 2.45) is 0 Å². The lowest BCUT2D eigenvalue weighted by Crippen LogP contribution is -2.31. The van der Waals surface area contributed by atoms with Crippen LogP contribution in [-0.2, 0) is 16.6 Å². The molecule has 0 atom stereocenters. The van der Waals surface area contributed by atoms with Crippen molar-refractivity contribution in [3.63, 3.8) is 0 Å². The summed E-state index contributed by atoms with van der Waals surface area (Å²) in [5.41, 5.74) is 1.30. The molecule has 2 rings (SSSR count). The normalized spacial score (nSPS) is 11.5. The van der Waals surface area contributed by atoms with E-state index in [0.717, 1.165) is 5.56 Å². The second-order valence-electron chi connectivity index (χ2n) is 6.57. The Kier molecular flexibility index (Phi) is 8.22. The van der Waals surface area contributed by atoms with Crippen LogP contribution in [0.2, 0.25) is 0 Å². The molecule has 0 radical (unpaired) electrons. The molecular formula is C22H29NO5S. The van der Waals surface area contributed by atoms with Gasteiger partial charge in [0, 0.05) is 18.7 Å². The number of sulfonamides is 1. The van der Waals surface area contributed by atoms with Crippen LogP contribution < -0.4 is 9.47 Å². The van der Waals surface area contributed by atoms with E-state index in [9.17, 15) is 13.2 Å². The van der Waals surface area contributed by atoms with Crippen LogP contribution in [-0.4, -0.2) is 38.3 Å². The molecule has 2 aromatic rings. The molecular weight excluding hydrogens is 390 g/mol. The third-order valence-corrected chi connectivity index (χ3v) is 6.20. The summed E-state index contributed by atoms with van der Waals surface area (Å²) in [4.78, 5) is 11.6. The van der Waals surface area contributed by atoms with Gasteiger partial charge in [-0.05, 0) is 57.0 Å². The van der Waals surface area contributed by atoms with E-state index >= 15 is 0 Å². The molecule has 29 heavy (non-hydrogen) atoms. The molecule has 6 nitrogen and oxygen atoms in total. The number of hydrogen-bond acceptors (Lipinski definition) is 5. The Bertz CT molecular complexity index is 923. The van der Waals surface area contributed by atoms with E-state index in [1.807, 2.05) is 39.0 Å². The Morgan fingerprint density at radius 3 is 2.10 bits per heavy atom. The summed E-state index contributed by atoms with van der Waals surface area (Å²) < 4.78 is 39.0. The predicted molar refractivity (Wildman–Crippen MR) is 113 cm³/mol. The maximum atomic E-state index is 13.2. The van der Waals surface area contributed by atoms with Gasteiger partial charge in [-0.15, -0.1) is 0 Å². The molecule has 0 fully saturated rings. The molecule has 2 aromatic carbocycles. The first-order valence-electron chi connectivity index (χ1n) is 9.83. The number of rotatable bonds is 11. The molecule has 0 spiro atoms. The number of carbonyl (C=O) groups excluding carboxylic acids is 1. The third-order valence-electron chi connectivity index (χ3n) is 4.34. The van der Waals surface area contributed by atoms with Gasteiger partial charge in [0.2, 0.25) is 10.0 Å². The molecule has 0 saturated carbocycles. The van der Waals surface area contributed by atoms with E-state index in [4.69, 9.17) is 9.47 Å². The highest BCUT2D eigenvalue weighted by Crippen LogP contribution is 2.30. The van der Waals surface area contributed by atoms with Gasteiger partial charge in [-0.1, -0.05) is 25.1 Å². The number of carbonyl (C=O) groups is 1. The van der Waals surface area contributed by atoms with Crippen LogP contribution >= 0.6 is 0 Å². The van der Waals surface area contributed by atoms with Gasteiger partial charge in [-0.3, -0.25) is 4.79 Å². The van der Waals surface area contributed by atoms with Crippen molar-refractivity contribution in [3.8, 4) is 11.5 Å². The van der Waals surface area contributed by atoms with E-state index in [2.05, 4.69) is 0 Å². The first kappa shape index (κ1) is 22.9. The van der Waals surface area contributed by atoms with Crippen molar-refractivity contribution < 1.29 is 22.7 Å². The molecule has 0 bridgehead atoms. The second-order valence-corrected chi connectivity index (χ2v) is 8.50.